The summed E-state index contributed by atoms with van der Waals surface area (Å²) in [6.07, 6.45) is 2.78. The molecule has 1 aliphatic heterocycles. The number of nitrogens with two attached hydrogens (primary N) is 1. The molecule has 0 saturated carbocycles. The lowest BCUT2D eigenvalue weighted by molar-refractivity contribution is 0.272. The Morgan fingerprint density at radius 2 is 2.38 bits per heavy atom. The lowest BCUT2D eigenvalue weighted by atomic mass is 9.85. The van der Waals surface area contributed by atoms with Crippen LogP contribution >= 0.6 is 0 Å². The normalized spacial score (nSPS) is 33.0. The van der Waals surface area contributed by atoms with Crippen molar-refractivity contribution in [3.05, 3.63) is 12.2 Å². The van der Waals surface area contributed by atoms with E-state index in [9.17, 15) is 0 Å². The molecule has 4 nitrogen and oxygen atoms in total. The zero-order valence-corrected chi connectivity index (χ0v) is 8.14. The smallest absolute Gasteiger partial charge is 0.138 e. The van der Waals surface area contributed by atoms with Gasteiger partial charge in [0.25, 0.3) is 0 Å². The SMILES string of the molecule is CC1CC(C)n2ncnc2C1CN. The molecule has 2 heterocycles. The van der Waals surface area contributed by atoms with Crippen molar-refractivity contribution in [3.8, 4) is 0 Å². The second-order valence-electron chi connectivity index (χ2n) is 3.97. The van der Waals surface area contributed by atoms with Crippen molar-refractivity contribution in [1.29, 1.82) is 0 Å². The molecule has 3 atom stereocenters. The van der Waals surface area contributed by atoms with Gasteiger partial charge in [-0.1, -0.05) is 6.92 Å². The van der Waals surface area contributed by atoms with Gasteiger partial charge in [-0.3, -0.25) is 0 Å². The maximum absolute atomic E-state index is 5.73. The molecule has 0 radical (unpaired) electrons. The summed E-state index contributed by atoms with van der Waals surface area (Å²) in [6, 6.07) is 0.468. The summed E-state index contributed by atoms with van der Waals surface area (Å²) in [5.41, 5.74) is 5.73. The summed E-state index contributed by atoms with van der Waals surface area (Å²) in [7, 11) is 0. The van der Waals surface area contributed by atoms with Crippen molar-refractivity contribution in [2.75, 3.05) is 6.54 Å². The Balaban J connectivity index is 2.39. The quantitative estimate of drug-likeness (QED) is 0.699. The fourth-order valence-corrected chi connectivity index (χ4v) is 2.26. The van der Waals surface area contributed by atoms with Crippen LogP contribution in [0.2, 0.25) is 0 Å². The van der Waals surface area contributed by atoms with Crippen LogP contribution in [0, 0.1) is 5.92 Å². The Labute approximate surface area is 78.1 Å². The van der Waals surface area contributed by atoms with E-state index in [0.717, 1.165) is 12.2 Å². The Kier molecular flexibility index (Phi) is 2.07. The highest BCUT2D eigenvalue weighted by atomic mass is 15.4. The van der Waals surface area contributed by atoms with Crippen molar-refractivity contribution >= 4 is 0 Å². The molecular weight excluding hydrogens is 164 g/mol. The molecule has 2 rings (SSSR count). The molecule has 13 heavy (non-hydrogen) atoms. The molecule has 0 saturated heterocycles. The maximum Gasteiger partial charge on any atom is 0.138 e. The van der Waals surface area contributed by atoms with Gasteiger partial charge in [0.2, 0.25) is 0 Å². The first-order valence-electron chi connectivity index (χ1n) is 4.83. The second kappa shape index (κ2) is 3.10. The summed E-state index contributed by atoms with van der Waals surface area (Å²) in [5, 5.41) is 4.22. The third kappa shape index (κ3) is 1.25. The van der Waals surface area contributed by atoms with Gasteiger partial charge in [-0.2, -0.15) is 5.10 Å². The van der Waals surface area contributed by atoms with E-state index in [-0.39, 0.29) is 0 Å². The summed E-state index contributed by atoms with van der Waals surface area (Å²) in [6.45, 7) is 5.10. The molecule has 0 amide bonds. The molecule has 0 bridgehead atoms. The van der Waals surface area contributed by atoms with E-state index >= 15 is 0 Å². The molecule has 1 aliphatic rings. The van der Waals surface area contributed by atoms with Crippen molar-refractivity contribution in [3.63, 3.8) is 0 Å². The molecule has 0 aliphatic carbocycles. The van der Waals surface area contributed by atoms with Crippen LogP contribution in [-0.2, 0) is 0 Å². The topological polar surface area (TPSA) is 56.7 Å². The Morgan fingerprint density at radius 1 is 1.62 bits per heavy atom. The van der Waals surface area contributed by atoms with Crippen molar-refractivity contribution in [2.45, 2.75) is 32.2 Å². The van der Waals surface area contributed by atoms with E-state index in [0.29, 0.717) is 24.4 Å². The van der Waals surface area contributed by atoms with Crippen molar-refractivity contribution in [1.82, 2.24) is 14.8 Å². The number of nitrogens with zero attached hydrogens (tertiary/aromatic N) is 3. The second-order valence-corrected chi connectivity index (χ2v) is 3.97. The average molecular weight is 180 g/mol. The van der Waals surface area contributed by atoms with E-state index in [1.807, 2.05) is 4.68 Å². The summed E-state index contributed by atoms with van der Waals surface area (Å²) >= 11 is 0. The van der Waals surface area contributed by atoms with Crippen LogP contribution in [0.1, 0.15) is 38.1 Å². The van der Waals surface area contributed by atoms with Gasteiger partial charge >= 0.3 is 0 Å². The van der Waals surface area contributed by atoms with E-state index < -0.39 is 0 Å². The minimum Gasteiger partial charge on any atom is -0.330 e. The number of hydrogen-bond acceptors (Lipinski definition) is 3. The Bertz CT molecular complexity index is 294. The first-order valence-corrected chi connectivity index (χ1v) is 4.83. The third-order valence-corrected chi connectivity index (χ3v) is 3.00. The molecule has 3 unspecified atom stereocenters. The predicted octanol–water partition coefficient (Wildman–Crippen LogP) is 0.921. The summed E-state index contributed by atoms with van der Waals surface area (Å²) in [5.74, 6) is 2.07. The van der Waals surface area contributed by atoms with E-state index in [4.69, 9.17) is 5.73 Å². The van der Waals surface area contributed by atoms with Gasteiger partial charge in [-0.25, -0.2) is 9.67 Å². The van der Waals surface area contributed by atoms with E-state index in [2.05, 4.69) is 23.9 Å². The molecular formula is C9H16N4. The van der Waals surface area contributed by atoms with Crippen LogP contribution in [0.25, 0.3) is 0 Å². The van der Waals surface area contributed by atoms with E-state index in [1.54, 1.807) is 6.33 Å². The van der Waals surface area contributed by atoms with Crippen LogP contribution in [0.3, 0.4) is 0 Å². The number of fused-ring (bicyclic) bond motifs is 1. The third-order valence-electron chi connectivity index (χ3n) is 3.00. The molecule has 72 valence electrons. The van der Waals surface area contributed by atoms with Gasteiger partial charge in [-0.15, -0.1) is 0 Å². The van der Waals surface area contributed by atoms with Gasteiger partial charge in [0.1, 0.15) is 12.2 Å². The molecule has 1 aromatic heterocycles. The lowest BCUT2D eigenvalue weighted by Gasteiger charge is -2.31. The zero-order valence-electron chi connectivity index (χ0n) is 8.14. The Hall–Kier alpha value is -0.900. The van der Waals surface area contributed by atoms with Gasteiger partial charge in [-0.05, 0) is 19.3 Å². The molecule has 1 aromatic rings. The monoisotopic (exact) mass is 180 g/mol. The van der Waals surface area contributed by atoms with Crippen LogP contribution < -0.4 is 5.73 Å². The molecule has 0 spiro atoms. The fraction of sp³-hybridized carbons (Fsp3) is 0.778. The van der Waals surface area contributed by atoms with Gasteiger partial charge in [0.15, 0.2) is 0 Å². The highest BCUT2D eigenvalue weighted by Gasteiger charge is 2.31. The highest BCUT2D eigenvalue weighted by Crippen LogP contribution is 2.34. The van der Waals surface area contributed by atoms with Gasteiger partial charge in [0.05, 0.1) is 6.04 Å². The molecule has 2 N–H and O–H groups in total. The minimum absolute atomic E-state index is 0.388. The van der Waals surface area contributed by atoms with Crippen molar-refractivity contribution in [2.24, 2.45) is 11.7 Å². The number of rotatable bonds is 1. The fourth-order valence-electron chi connectivity index (χ4n) is 2.26. The molecule has 0 aromatic carbocycles. The maximum atomic E-state index is 5.73. The van der Waals surface area contributed by atoms with Crippen LogP contribution in [0.15, 0.2) is 6.33 Å². The molecule has 4 heteroatoms. The lowest BCUT2D eigenvalue weighted by Crippen LogP contribution is -2.31. The van der Waals surface area contributed by atoms with Crippen LogP contribution in [-0.4, -0.2) is 21.3 Å². The van der Waals surface area contributed by atoms with Gasteiger partial charge in [0, 0.05) is 12.5 Å². The highest BCUT2D eigenvalue weighted by molar-refractivity contribution is 5.04. The number of aromatic nitrogens is 3. The zero-order chi connectivity index (χ0) is 9.42. The minimum atomic E-state index is 0.388. The summed E-state index contributed by atoms with van der Waals surface area (Å²) < 4.78 is 2.01. The average Bonchev–Trinajstić information content (AvgIpc) is 2.53. The summed E-state index contributed by atoms with van der Waals surface area (Å²) in [4.78, 5) is 4.28. The van der Waals surface area contributed by atoms with Crippen molar-refractivity contribution < 1.29 is 0 Å². The van der Waals surface area contributed by atoms with Gasteiger partial charge < -0.3 is 5.73 Å². The first kappa shape index (κ1) is 8.69. The van der Waals surface area contributed by atoms with Crippen LogP contribution in [0.4, 0.5) is 0 Å². The Morgan fingerprint density at radius 3 is 3.08 bits per heavy atom. The predicted molar refractivity (Wildman–Crippen MR) is 50.3 cm³/mol. The molecule has 0 fully saturated rings. The largest absolute Gasteiger partial charge is 0.330 e. The first-order chi connectivity index (χ1) is 6.24. The van der Waals surface area contributed by atoms with E-state index in [1.165, 1.54) is 0 Å². The number of hydrogen-bond donors (Lipinski definition) is 1. The standard InChI is InChI=1S/C9H16N4/c1-6-3-7(2)13-9(8(6)4-10)11-5-12-13/h5-8H,3-4,10H2,1-2H3. The van der Waals surface area contributed by atoms with Crippen LogP contribution in [0.5, 0.6) is 0 Å².